The molecule has 1 heterocycles. The summed E-state index contributed by atoms with van der Waals surface area (Å²) in [7, 11) is 1.73. The van der Waals surface area contributed by atoms with E-state index in [1.165, 1.54) is 4.90 Å². The van der Waals surface area contributed by atoms with Crippen molar-refractivity contribution >= 4 is 11.9 Å². The Morgan fingerprint density at radius 2 is 2.20 bits per heavy atom. The molecule has 6 heteroatoms. The molecule has 1 saturated heterocycles. The normalized spacial score (nSPS) is 46.6. The first-order valence-corrected chi connectivity index (χ1v) is 9.57. The summed E-state index contributed by atoms with van der Waals surface area (Å²) in [4.78, 5) is 17.2. The van der Waals surface area contributed by atoms with E-state index in [4.69, 9.17) is 5.73 Å². The van der Waals surface area contributed by atoms with Crippen molar-refractivity contribution in [1.29, 1.82) is 0 Å². The van der Waals surface area contributed by atoms with Gasteiger partial charge in [0.2, 0.25) is 0 Å². The highest BCUT2D eigenvalue weighted by molar-refractivity contribution is 5.88. The summed E-state index contributed by atoms with van der Waals surface area (Å²) in [5.74, 6) is 0.341. The Bertz CT molecular complexity index is 673. The zero-order valence-electron chi connectivity index (χ0n) is 15.2. The van der Waals surface area contributed by atoms with Crippen LogP contribution in [0.5, 0.6) is 0 Å². The number of rotatable bonds is 1. The number of aliphatic hydroxyl groups is 1. The maximum absolute atomic E-state index is 11.8. The van der Waals surface area contributed by atoms with Crippen LogP contribution in [0.2, 0.25) is 0 Å². The number of carboxylic acid groups (broad SMARTS) is 1. The molecule has 3 aliphatic carbocycles. The Hall–Kier alpha value is -1.40. The first-order chi connectivity index (χ1) is 11.9. The standard InChI is InChI=1S/C19H29N3O3/c1-11-4-5-12-8-13-15(16(24)25)14(23)9-19(11,13)18(12)6-3-7-22(10-18)17(20)21-2/h11-12,14,23H,3-10H2,1-2H3,(H2,20,21)(H,24,25)/t11-,12-,14+,18-,19+/m1/s1. The first-order valence-electron chi connectivity index (χ1n) is 9.57. The van der Waals surface area contributed by atoms with Crippen LogP contribution in [0.4, 0.5) is 0 Å². The van der Waals surface area contributed by atoms with E-state index in [1.807, 2.05) is 0 Å². The van der Waals surface area contributed by atoms with Crippen LogP contribution < -0.4 is 15.7 Å². The Kier molecular flexibility index (Phi) is 3.78. The highest BCUT2D eigenvalue weighted by atomic mass is 16.4. The summed E-state index contributed by atoms with van der Waals surface area (Å²) in [5, 5.41) is 22.4. The van der Waals surface area contributed by atoms with E-state index in [0.717, 1.165) is 50.8 Å². The van der Waals surface area contributed by atoms with Crippen LogP contribution in [0.3, 0.4) is 0 Å². The van der Waals surface area contributed by atoms with Gasteiger partial charge in [-0.1, -0.05) is 12.5 Å². The lowest BCUT2D eigenvalue weighted by atomic mass is 9.49. The first kappa shape index (κ1) is 17.0. The van der Waals surface area contributed by atoms with Gasteiger partial charge in [0.05, 0.1) is 25.2 Å². The van der Waals surface area contributed by atoms with Crippen molar-refractivity contribution in [2.45, 2.75) is 51.6 Å². The number of carbonyl (C=O) groups excluding carboxylic acids is 1. The fourth-order valence-electron chi connectivity index (χ4n) is 7.18. The zero-order chi connectivity index (χ0) is 18.0. The number of allylic oxidation sites excluding steroid dienone is 1. The number of guanidine groups is 1. The van der Waals surface area contributed by atoms with Crippen LogP contribution in [0.15, 0.2) is 16.1 Å². The molecule has 4 N–H and O–H groups in total. The average Bonchev–Trinajstić information content (AvgIpc) is 2.95. The number of quaternary nitrogens is 1. The van der Waals surface area contributed by atoms with Gasteiger partial charge in [-0.3, -0.25) is 4.90 Å². The molecule has 4 aliphatic rings. The van der Waals surface area contributed by atoms with E-state index >= 15 is 0 Å². The van der Waals surface area contributed by atoms with Crippen LogP contribution in [0.1, 0.15) is 45.4 Å². The average molecular weight is 347 g/mol. The minimum atomic E-state index is -1.18. The lowest BCUT2D eigenvalue weighted by Gasteiger charge is -2.56. The summed E-state index contributed by atoms with van der Waals surface area (Å²) in [6, 6.07) is 0. The van der Waals surface area contributed by atoms with Gasteiger partial charge in [0, 0.05) is 23.5 Å². The van der Waals surface area contributed by atoms with Crippen LogP contribution in [0.25, 0.3) is 0 Å². The van der Waals surface area contributed by atoms with Gasteiger partial charge in [-0.15, -0.1) is 0 Å². The van der Waals surface area contributed by atoms with Gasteiger partial charge in [0.25, 0.3) is 5.96 Å². The number of nitrogens with two attached hydrogens (primary N) is 1. The number of nitrogens with zero attached hydrogens (tertiary/aromatic N) is 1. The van der Waals surface area contributed by atoms with E-state index in [-0.39, 0.29) is 16.4 Å². The lowest BCUT2D eigenvalue weighted by Crippen LogP contribution is -3.18. The van der Waals surface area contributed by atoms with E-state index in [0.29, 0.717) is 24.2 Å². The minimum Gasteiger partial charge on any atom is -0.545 e. The Morgan fingerprint density at radius 3 is 2.88 bits per heavy atom. The topological polar surface area (TPSA) is 103 Å². The maximum Gasteiger partial charge on any atom is 0.293 e. The number of carbonyl (C=O) groups is 1. The number of nitrogens with one attached hydrogen (secondary N) is 1. The molecule has 0 amide bonds. The number of carboxylic acids is 1. The van der Waals surface area contributed by atoms with Crippen molar-refractivity contribution < 1.29 is 19.9 Å². The number of likely N-dealkylation sites (tertiary alicyclic amines) is 1. The highest BCUT2D eigenvalue weighted by Crippen LogP contribution is 2.74. The van der Waals surface area contributed by atoms with Gasteiger partial charge in [-0.05, 0) is 50.4 Å². The third-order valence-corrected chi connectivity index (χ3v) is 8.08. The molecule has 1 unspecified atom stereocenters. The summed E-state index contributed by atoms with van der Waals surface area (Å²) in [5.41, 5.74) is 7.19. The second kappa shape index (κ2) is 5.55. The Balaban J connectivity index is 1.86. The lowest BCUT2D eigenvalue weighted by molar-refractivity contribution is -0.826. The van der Waals surface area contributed by atoms with Gasteiger partial charge in [-0.25, -0.2) is 4.99 Å². The monoisotopic (exact) mass is 347 g/mol. The molecule has 2 spiro atoms. The van der Waals surface area contributed by atoms with Crippen molar-refractivity contribution in [3.8, 4) is 0 Å². The Morgan fingerprint density at radius 1 is 1.44 bits per heavy atom. The second-order valence-electron chi connectivity index (χ2n) is 8.65. The number of piperidine rings is 1. The van der Waals surface area contributed by atoms with Crippen LogP contribution in [-0.4, -0.2) is 43.3 Å². The molecule has 4 rings (SSSR count). The molecule has 0 aromatic heterocycles. The zero-order valence-corrected chi connectivity index (χ0v) is 15.2. The predicted molar refractivity (Wildman–Crippen MR) is 91.5 cm³/mol. The molecular formula is C19H29N3O3. The van der Waals surface area contributed by atoms with Gasteiger partial charge >= 0.3 is 0 Å². The van der Waals surface area contributed by atoms with Crippen molar-refractivity contribution in [1.82, 2.24) is 0 Å². The summed E-state index contributed by atoms with van der Waals surface area (Å²) in [6.07, 6.45) is 4.87. The molecule has 0 aromatic carbocycles. The Labute approximate surface area is 148 Å². The minimum absolute atomic E-state index is 0.0288. The summed E-state index contributed by atoms with van der Waals surface area (Å²) >= 11 is 0. The van der Waals surface area contributed by atoms with Crippen LogP contribution in [-0.2, 0) is 4.79 Å². The van der Waals surface area contributed by atoms with Crippen molar-refractivity contribution in [3.63, 3.8) is 0 Å². The van der Waals surface area contributed by atoms with E-state index < -0.39 is 12.1 Å². The molecule has 25 heavy (non-hydrogen) atoms. The van der Waals surface area contributed by atoms with Gasteiger partial charge in [0.15, 0.2) is 0 Å². The molecule has 2 bridgehead atoms. The molecule has 2 saturated carbocycles. The van der Waals surface area contributed by atoms with E-state index in [9.17, 15) is 15.0 Å². The maximum atomic E-state index is 11.8. The van der Waals surface area contributed by atoms with Crippen LogP contribution in [0, 0.1) is 22.7 Å². The molecule has 0 radical (unpaired) electrons. The number of hydrogen-bond acceptors (Lipinski definition) is 4. The second-order valence-corrected chi connectivity index (χ2v) is 8.65. The summed E-state index contributed by atoms with van der Waals surface area (Å²) in [6.45, 7) is 4.14. The number of aliphatic hydroxyl groups excluding tert-OH is 1. The SMILES string of the molecule is CN=C(N)[NH+]1CCC[C@@]2(C1)[C@@H]1CC[C@@H](C)[C@]23C[C@H](O)C(C(=O)[O-])=C3C1. The van der Waals surface area contributed by atoms with Crippen molar-refractivity contribution in [2.24, 2.45) is 33.4 Å². The fraction of sp³-hybridized carbons (Fsp3) is 0.789. The number of aliphatic carboxylic acids is 1. The molecular weight excluding hydrogens is 318 g/mol. The molecule has 1 aliphatic heterocycles. The third-order valence-electron chi connectivity index (χ3n) is 8.08. The number of aliphatic imine (C=N–C) groups is 1. The van der Waals surface area contributed by atoms with Crippen LogP contribution >= 0.6 is 0 Å². The fourth-order valence-corrected chi connectivity index (χ4v) is 7.18. The van der Waals surface area contributed by atoms with E-state index in [1.54, 1.807) is 7.05 Å². The smallest absolute Gasteiger partial charge is 0.293 e. The molecule has 3 fully saturated rings. The largest absolute Gasteiger partial charge is 0.545 e. The van der Waals surface area contributed by atoms with Crippen molar-refractivity contribution in [2.75, 3.05) is 20.1 Å². The molecule has 138 valence electrons. The highest BCUT2D eigenvalue weighted by Gasteiger charge is 2.71. The van der Waals surface area contributed by atoms with Gasteiger partial charge < -0.3 is 20.7 Å². The molecule has 6 nitrogen and oxygen atoms in total. The van der Waals surface area contributed by atoms with Gasteiger partial charge in [-0.2, -0.15) is 0 Å². The third kappa shape index (κ3) is 1.98. The van der Waals surface area contributed by atoms with E-state index in [2.05, 4.69) is 11.9 Å². The quantitative estimate of drug-likeness (QED) is 0.411. The van der Waals surface area contributed by atoms with Crippen molar-refractivity contribution in [3.05, 3.63) is 11.1 Å². The molecule has 6 atom stereocenters. The number of hydrogen-bond donors (Lipinski definition) is 3. The molecule has 0 aromatic rings. The predicted octanol–water partition coefficient (Wildman–Crippen LogP) is -1.16. The summed E-state index contributed by atoms with van der Waals surface area (Å²) < 4.78 is 0. The van der Waals surface area contributed by atoms with Gasteiger partial charge in [0.1, 0.15) is 0 Å².